The van der Waals surface area contributed by atoms with Gasteiger partial charge in [-0.05, 0) is 31.0 Å². The molecule has 1 atom stereocenters. The van der Waals surface area contributed by atoms with Crippen molar-refractivity contribution in [3.63, 3.8) is 0 Å². The smallest absolute Gasteiger partial charge is 0.317 e. The minimum atomic E-state index is -0.251. The molecule has 3 rings (SSSR count). The van der Waals surface area contributed by atoms with Gasteiger partial charge in [0.05, 0.1) is 5.69 Å². The Hall–Kier alpha value is -2.41. The highest BCUT2D eigenvalue weighted by Crippen LogP contribution is 2.09. The molecule has 7 heteroatoms. The van der Waals surface area contributed by atoms with Crippen LogP contribution in [0.3, 0.4) is 0 Å². The number of hydrogen-bond donors (Lipinski definition) is 1. The lowest BCUT2D eigenvalue weighted by Crippen LogP contribution is -2.53. The first-order chi connectivity index (χ1) is 12.1. The van der Waals surface area contributed by atoms with Crippen molar-refractivity contribution in [2.75, 3.05) is 26.2 Å². The molecule has 0 spiro atoms. The molecule has 1 N–H and O–H groups in total. The summed E-state index contributed by atoms with van der Waals surface area (Å²) in [6, 6.07) is 8.22. The molecule has 1 unspecified atom stereocenters. The van der Waals surface area contributed by atoms with Crippen molar-refractivity contribution in [2.45, 2.75) is 25.9 Å². The van der Waals surface area contributed by atoms with Crippen LogP contribution in [-0.2, 0) is 13.0 Å². The molecule has 1 aliphatic heterocycles. The summed E-state index contributed by atoms with van der Waals surface area (Å²) in [4.78, 5) is 16.5. The zero-order valence-corrected chi connectivity index (χ0v) is 14.3. The van der Waals surface area contributed by atoms with E-state index >= 15 is 0 Å². The molecule has 0 aliphatic carbocycles. The van der Waals surface area contributed by atoms with Crippen LogP contribution in [0.25, 0.3) is 0 Å². The normalized spacial score (nSPS) is 16.6. The molecule has 1 aromatic carbocycles. The molecule has 6 nitrogen and oxygen atoms in total. The lowest BCUT2D eigenvalue weighted by Gasteiger charge is -2.34. The highest BCUT2D eigenvalue weighted by Gasteiger charge is 2.22. The largest absolute Gasteiger partial charge is 0.364 e. The molecule has 1 fully saturated rings. The second-order valence-electron chi connectivity index (χ2n) is 6.44. The average molecular weight is 346 g/mol. The topological polar surface area (TPSA) is 61.6 Å². The van der Waals surface area contributed by atoms with Crippen molar-refractivity contribution >= 4 is 6.03 Å². The second-order valence-corrected chi connectivity index (χ2v) is 6.44. The Morgan fingerprint density at radius 2 is 2.12 bits per heavy atom. The summed E-state index contributed by atoms with van der Waals surface area (Å²) in [6.45, 7) is 5.63. The van der Waals surface area contributed by atoms with Crippen molar-refractivity contribution in [3.8, 4) is 0 Å². The molecule has 25 heavy (non-hydrogen) atoms. The fourth-order valence-electron chi connectivity index (χ4n) is 3.03. The molecule has 0 saturated carbocycles. The van der Waals surface area contributed by atoms with Crippen molar-refractivity contribution < 1.29 is 13.7 Å². The number of piperazine rings is 1. The molecule has 1 saturated heterocycles. The highest BCUT2D eigenvalue weighted by molar-refractivity contribution is 5.74. The Morgan fingerprint density at radius 3 is 2.80 bits per heavy atom. The molecule has 134 valence electrons. The average Bonchev–Trinajstić information content (AvgIpc) is 3.08. The van der Waals surface area contributed by atoms with Crippen LogP contribution < -0.4 is 5.32 Å². The first-order valence-electron chi connectivity index (χ1n) is 8.51. The standard InChI is InChI=1S/C18H23FN4O2/c1-14(11-15-3-2-4-16(19)12-15)20-18(24)23-8-6-22(7-9-23)13-17-5-10-25-21-17/h2-5,10,12,14H,6-9,11,13H2,1H3,(H,20,24). The first-order valence-corrected chi connectivity index (χ1v) is 8.51. The summed E-state index contributed by atoms with van der Waals surface area (Å²) < 4.78 is 18.1. The fourth-order valence-corrected chi connectivity index (χ4v) is 3.03. The summed E-state index contributed by atoms with van der Waals surface area (Å²) in [5.41, 5.74) is 1.78. The quantitative estimate of drug-likeness (QED) is 0.902. The molecule has 1 aliphatic rings. The van der Waals surface area contributed by atoms with Gasteiger partial charge in [-0.15, -0.1) is 0 Å². The van der Waals surface area contributed by atoms with Gasteiger partial charge in [0, 0.05) is 44.8 Å². The van der Waals surface area contributed by atoms with Gasteiger partial charge < -0.3 is 14.7 Å². The van der Waals surface area contributed by atoms with Gasteiger partial charge in [0.1, 0.15) is 12.1 Å². The van der Waals surface area contributed by atoms with Gasteiger partial charge in [-0.25, -0.2) is 9.18 Å². The molecular formula is C18H23FN4O2. The lowest BCUT2D eigenvalue weighted by atomic mass is 10.1. The van der Waals surface area contributed by atoms with E-state index in [2.05, 4.69) is 15.4 Å². The molecular weight excluding hydrogens is 323 g/mol. The number of carbonyl (C=O) groups is 1. The number of carbonyl (C=O) groups excluding carboxylic acids is 1. The Morgan fingerprint density at radius 1 is 1.32 bits per heavy atom. The molecule has 1 aromatic heterocycles. The van der Waals surface area contributed by atoms with Gasteiger partial charge in [-0.3, -0.25) is 4.90 Å². The van der Waals surface area contributed by atoms with Crippen LogP contribution in [0.2, 0.25) is 0 Å². The third-order valence-electron chi connectivity index (χ3n) is 4.34. The zero-order chi connectivity index (χ0) is 17.6. The molecule has 2 heterocycles. The SMILES string of the molecule is CC(Cc1cccc(F)c1)NC(=O)N1CCN(Cc2ccon2)CC1. The van der Waals surface area contributed by atoms with E-state index < -0.39 is 0 Å². The van der Waals surface area contributed by atoms with Crippen molar-refractivity contribution in [1.29, 1.82) is 0 Å². The van der Waals surface area contributed by atoms with Crippen LogP contribution >= 0.6 is 0 Å². The van der Waals surface area contributed by atoms with Crippen LogP contribution in [0.15, 0.2) is 41.1 Å². The summed E-state index contributed by atoms with van der Waals surface area (Å²) in [6.07, 6.45) is 2.18. The molecule has 0 bridgehead atoms. The maximum absolute atomic E-state index is 13.2. The van der Waals surface area contributed by atoms with Crippen LogP contribution in [0.5, 0.6) is 0 Å². The first kappa shape index (κ1) is 17.4. The van der Waals surface area contributed by atoms with E-state index in [0.717, 1.165) is 30.9 Å². The minimum Gasteiger partial charge on any atom is -0.364 e. The number of urea groups is 1. The maximum Gasteiger partial charge on any atom is 0.317 e. The lowest BCUT2D eigenvalue weighted by molar-refractivity contribution is 0.132. The van der Waals surface area contributed by atoms with Crippen LogP contribution in [0.4, 0.5) is 9.18 Å². The van der Waals surface area contributed by atoms with E-state index in [0.29, 0.717) is 19.5 Å². The summed E-state index contributed by atoms with van der Waals surface area (Å²) in [7, 11) is 0. The monoisotopic (exact) mass is 346 g/mol. The van der Waals surface area contributed by atoms with Gasteiger partial charge in [0.2, 0.25) is 0 Å². The Bertz CT molecular complexity index is 684. The van der Waals surface area contributed by atoms with Gasteiger partial charge in [-0.2, -0.15) is 0 Å². The maximum atomic E-state index is 13.2. The number of halogens is 1. The summed E-state index contributed by atoms with van der Waals surface area (Å²) in [5.74, 6) is -0.251. The van der Waals surface area contributed by atoms with E-state index in [1.165, 1.54) is 12.1 Å². The van der Waals surface area contributed by atoms with Crippen molar-refractivity contribution in [1.82, 2.24) is 20.3 Å². The number of aromatic nitrogens is 1. The number of rotatable bonds is 5. The van der Waals surface area contributed by atoms with E-state index in [1.54, 1.807) is 12.3 Å². The van der Waals surface area contributed by atoms with Crippen LogP contribution in [0.1, 0.15) is 18.2 Å². The highest BCUT2D eigenvalue weighted by atomic mass is 19.1. The number of nitrogens with zero attached hydrogens (tertiary/aromatic N) is 3. The van der Waals surface area contributed by atoms with E-state index in [4.69, 9.17) is 4.52 Å². The molecule has 0 radical (unpaired) electrons. The summed E-state index contributed by atoms with van der Waals surface area (Å²) in [5, 5.41) is 6.91. The third kappa shape index (κ3) is 5.03. The molecule has 2 aromatic rings. The van der Waals surface area contributed by atoms with Gasteiger partial charge >= 0.3 is 6.03 Å². The number of hydrogen-bond acceptors (Lipinski definition) is 4. The fraction of sp³-hybridized carbons (Fsp3) is 0.444. The number of benzene rings is 1. The minimum absolute atomic E-state index is 0.0533. The predicted octanol–water partition coefficient (Wildman–Crippen LogP) is 2.27. The van der Waals surface area contributed by atoms with Crippen molar-refractivity contribution in [3.05, 3.63) is 53.7 Å². The predicted molar refractivity (Wildman–Crippen MR) is 91.5 cm³/mol. The third-order valence-corrected chi connectivity index (χ3v) is 4.34. The van der Waals surface area contributed by atoms with E-state index in [-0.39, 0.29) is 17.9 Å². The Labute approximate surface area is 146 Å². The Kier molecular flexibility index (Phi) is 5.65. The van der Waals surface area contributed by atoms with Gasteiger partial charge in [-0.1, -0.05) is 17.3 Å². The molecule has 2 amide bonds. The van der Waals surface area contributed by atoms with E-state index in [1.807, 2.05) is 24.0 Å². The van der Waals surface area contributed by atoms with Gasteiger partial charge in [0.15, 0.2) is 0 Å². The number of nitrogens with one attached hydrogen (secondary N) is 1. The summed E-state index contributed by atoms with van der Waals surface area (Å²) >= 11 is 0. The van der Waals surface area contributed by atoms with Crippen molar-refractivity contribution in [2.24, 2.45) is 0 Å². The Balaban J connectivity index is 1.42. The van der Waals surface area contributed by atoms with E-state index in [9.17, 15) is 9.18 Å². The van der Waals surface area contributed by atoms with Crippen LogP contribution in [0, 0.1) is 5.82 Å². The second kappa shape index (κ2) is 8.11. The van der Waals surface area contributed by atoms with Crippen LogP contribution in [-0.4, -0.2) is 53.2 Å². The van der Waals surface area contributed by atoms with Gasteiger partial charge in [0.25, 0.3) is 0 Å². The zero-order valence-electron chi connectivity index (χ0n) is 14.3. The number of amides is 2.